The van der Waals surface area contributed by atoms with Gasteiger partial charge in [-0.3, -0.25) is 20.3 Å². The molecule has 0 radical (unpaired) electrons. The molecule has 2 fully saturated rings. The summed E-state index contributed by atoms with van der Waals surface area (Å²) < 4.78 is 0. The first-order valence-electron chi connectivity index (χ1n) is 6.26. The Labute approximate surface area is 110 Å². The summed E-state index contributed by atoms with van der Waals surface area (Å²) in [5, 5.41) is 12.1. The second-order valence-corrected chi connectivity index (χ2v) is 4.95. The molecular weight excluding hydrogens is 246 g/mol. The van der Waals surface area contributed by atoms with Crippen LogP contribution in [0.1, 0.15) is 17.9 Å². The zero-order chi connectivity index (χ0) is 13.4. The zero-order valence-corrected chi connectivity index (χ0v) is 10.2. The van der Waals surface area contributed by atoms with Crippen LogP contribution in [0.25, 0.3) is 0 Å². The van der Waals surface area contributed by atoms with Gasteiger partial charge in [-0.15, -0.1) is 0 Å². The first-order valence-corrected chi connectivity index (χ1v) is 6.26. The van der Waals surface area contributed by atoms with Crippen LogP contribution in [0.3, 0.4) is 0 Å². The van der Waals surface area contributed by atoms with E-state index < -0.39 is 12.0 Å². The molecule has 0 spiro atoms. The first-order chi connectivity index (χ1) is 9.16. The van der Waals surface area contributed by atoms with Crippen LogP contribution in [-0.2, 0) is 9.59 Å². The summed E-state index contributed by atoms with van der Waals surface area (Å²) in [5.41, 5.74) is 6.40. The molecule has 19 heavy (non-hydrogen) atoms. The predicted octanol–water partition coefficient (Wildman–Crippen LogP) is -0.207. The Hall–Kier alpha value is -1.92. The molecule has 2 heterocycles. The Kier molecular flexibility index (Phi) is 2.96. The second-order valence-electron chi connectivity index (χ2n) is 4.95. The van der Waals surface area contributed by atoms with Gasteiger partial charge < -0.3 is 5.11 Å². The van der Waals surface area contributed by atoms with E-state index in [1.54, 1.807) is 0 Å². The molecule has 0 aromatic heterocycles. The van der Waals surface area contributed by atoms with Crippen molar-refractivity contribution in [3.8, 4) is 0 Å². The quantitative estimate of drug-likeness (QED) is 0.591. The van der Waals surface area contributed by atoms with Gasteiger partial charge in [0.05, 0.1) is 12.1 Å². The number of piperidine rings is 1. The molecule has 100 valence electrons. The summed E-state index contributed by atoms with van der Waals surface area (Å²) in [6, 6.07) is 8.95. The molecule has 4 atom stereocenters. The van der Waals surface area contributed by atoms with Crippen LogP contribution < -0.4 is 16.2 Å². The number of fused-ring (bicyclic) bond motifs is 1. The highest BCUT2D eigenvalue weighted by Crippen LogP contribution is 2.36. The van der Waals surface area contributed by atoms with E-state index >= 15 is 0 Å². The summed E-state index contributed by atoms with van der Waals surface area (Å²) in [7, 11) is 0. The maximum absolute atomic E-state index is 11.9. The molecule has 6 nitrogen and oxygen atoms in total. The van der Waals surface area contributed by atoms with Crippen molar-refractivity contribution in [3.63, 3.8) is 0 Å². The topological polar surface area (TPSA) is 90.5 Å². The molecule has 1 aromatic carbocycles. The maximum atomic E-state index is 11.9. The fourth-order valence-electron chi connectivity index (χ4n) is 2.93. The van der Waals surface area contributed by atoms with Crippen LogP contribution in [0.15, 0.2) is 30.3 Å². The molecule has 0 bridgehead atoms. The number of carbonyl (C=O) groups excluding carboxylic acids is 1. The van der Waals surface area contributed by atoms with E-state index in [1.807, 2.05) is 30.3 Å². The van der Waals surface area contributed by atoms with Crippen molar-refractivity contribution in [1.82, 2.24) is 16.2 Å². The van der Waals surface area contributed by atoms with Crippen LogP contribution in [0.5, 0.6) is 0 Å². The van der Waals surface area contributed by atoms with E-state index in [9.17, 15) is 14.7 Å². The number of hydrogen-bond acceptors (Lipinski definition) is 4. The fourth-order valence-corrected chi connectivity index (χ4v) is 2.93. The first kappa shape index (κ1) is 12.1. The van der Waals surface area contributed by atoms with Crippen molar-refractivity contribution in [1.29, 1.82) is 0 Å². The third-order valence-corrected chi connectivity index (χ3v) is 3.84. The van der Waals surface area contributed by atoms with Crippen LogP contribution in [-0.4, -0.2) is 29.2 Å². The monoisotopic (exact) mass is 261 g/mol. The predicted molar refractivity (Wildman–Crippen MR) is 66.9 cm³/mol. The third kappa shape index (κ3) is 2.09. The molecular formula is C13H15N3O3. The number of carbonyl (C=O) groups is 2. The normalized spacial score (nSPS) is 33.6. The van der Waals surface area contributed by atoms with Crippen molar-refractivity contribution in [3.05, 3.63) is 35.9 Å². The minimum absolute atomic E-state index is 0.0878. The van der Waals surface area contributed by atoms with Gasteiger partial charge in [0.25, 0.3) is 0 Å². The van der Waals surface area contributed by atoms with Crippen molar-refractivity contribution in [2.45, 2.75) is 24.5 Å². The van der Waals surface area contributed by atoms with Gasteiger partial charge in [0.2, 0.25) is 5.91 Å². The van der Waals surface area contributed by atoms with Gasteiger partial charge in [-0.25, -0.2) is 5.43 Å². The smallest absolute Gasteiger partial charge is 0.320 e. The number of nitrogens with one attached hydrogen (secondary N) is 3. The number of hydrogen-bond donors (Lipinski definition) is 4. The summed E-state index contributed by atoms with van der Waals surface area (Å²) in [6.45, 7) is 0. The Morgan fingerprint density at radius 3 is 2.68 bits per heavy atom. The molecule has 1 aromatic rings. The van der Waals surface area contributed by atoms with Crippen LogP contribution in [0.4, 0.5) is 0 Å². The van der Waals surface area contributed by atoms with E-state index in [2.05, 4.69) is 16.2 Å². The molecule has 3 rings (SSSR count). The fraction of sp³-hybridized carbons (Fsp3) is 0.385. The molecule has 1 amide bonds. The van der Waals surface area contributed by atoms with Crippen molar-refractivity contribution in [2.75, 3.05) is 0 Å². The lowest BCUT2D eigenvalue weighted by atomic mass is 9.77. The van der Waals surface area contributed by atoms with Crippen molar-refractivity contribution >= 4 is 11.9 Å². The Morgan fingerprint density at radius 1 is 1.26 bits per heavy atom. The molecule has 4 unspecified atom stereocenters. The van der Waals surface area contributed by atoms with Gasteiger partial charge in [-0.2, -0.15) is 0 Å². The van der Waals surface area contributed by atoms with Gasteiger partial charge in [0.15, 0.2) is 0 Å². The molecule has 6 heteroatoms. The number of benzene rings is 1. The van der Waals surface area contributed by atoms with E-state index in [0.29, 0.717) is 6.42 Å². The number of hydrazine groups is 1. The van der Waals surface area contributed by atoms with Gasteiger partial charge in [-0.1, -0.05) is 30.3 Å². The second kappa shape index (κ2) is 4.64. The maximum Gasteiger partial charge on any atom is 0.320 e. The number of amides is 1. The highest BCUT2D eigenvalue weighted by Gasteiger charge is 2.47. The minimum atomic E-state index is -0.888. The lowest BCUT2D eigenvalue weighted by Crippen LogP contribution is -2.57. The molecule has 2 aliphatic heterocycles. The number of aliphatic carboxylic acids is 1. The number of rotatable bonds is 2. The zero-order valence-electron chi connectivity index (χ0n) is 10.2. The van der Waals surface area contributed by atoms with Gasteiger partial charge in [0.1, 0.15) is 6.04 Å². The lowest BCUT2D eigenvalue weighted by Gasteiger charge is -2.36. The lowest BCUT2D eigenvalue weighted by molar-refractivity contribution is -0.141. The largest absolute Gasteiger partial charge is 0.480 e. The summed E-state index contributed by atoms with van der Waals surface area (Å²) in [6.07, 6.45) is 0.0721. The molecule has 0 saturated carbocycles. The third-order valence-electron chi connectivity index (χ3n) is 3.84. The standard InChI is InChI=1S/C13H15N3O3/c17-12-10-8(7-4-2-1-3-5-7)6-9(13(18)19)14-11(10)15-16-12/h1-5,8-11,14-15H,6H2,(H,16,17)(H,18,19). The van der Waals surface area contributed by atoms with Crippen molar-refractivity contribution in [2.24, 2.45) is 5.92 Å². The Balaban J connectivity index is 1.94. The van der Waals surface area contributed by atoms with Gasteiger partial charge in [0, 0.05) is 5.92 Å². The van der Waals surface area contributed by atoms with Crippen LogP contribution >= 0.6 is 0 Å². The van der Waals surface area contributed by atoms with E-state index in [4.69, 9.17) is 0 Å². The van der Waals surface area contributed by atoms with E-state index in [1.165, 1.54) is 0 Å². The average Bonchev–Trinajstić information content (AvgIpc) is 2.80. The molecule has 2 aliphatic rings. The highest BCUT2D eigenvalue weighted by atomic mass is 16.4. The Bertz CT molecular complexity index is 505. The van der Waals surface area contributed by atoms with Gasteiger partial charge in [-0.05, 0) is 12.0 Å². The van der Waals surface area contributed by atoms with Crippen LogP contribution in [0.2, 0.25) is 0 Å². The van der Waals surface area contributed by atoms with Gasteiger partial charge >= 0.3 is 5.97 Å². The average molecular weight is 261 g/mol. The molecule has 2 saturated heterocycles. The number of carboxylic acids is 1. The Morgan fingerprint density at radius 2 is 2.00 bits per heavy atom. The summed E-state index contributed by atoms with van der Waals surface area (Å²) in [4.78, 5) is 23.1. The van der Waals surface area contributed by atoms with E-state index in [-0.39, 0.29) is 23.9 Å². The number of carboxylic acid groups (broad SMARTS) is 1. The molecule has 0 aliphatic carbocycles. The van der Waals surface area contributed by atoms with E-state index in [0.717, 1.165) is 5.56 Å². The molecule has 4 N–H and O–H groups in total. The minimum Gasteiger partial charge on any atom is -0.480 e. The SMILES string of the molecule is O=C(O)C1CC(c2ccccc2)C2C(=O)NNC2N1. The summed E-state index contributed by atoms with van der Waals surface area (Å²) in [5.74, 6) is -1.35. The van der Waals surface area contributed by atoms with Crippen LogP contribution in [0, 0.1) is 5.92 Å². The summed E-state index contributed by atoms with van der Waals surface area (Å²) >= 11 is 0. The van der Waals surface area contributed by atoms with Crippen molar-refractivity contribution < 1.29 is 14.7 Å². The highest BCUT2D eigenvalue weighted by molar-refractivity contribution is 5.83.